The van der Waals surface area contributed by atoms with Crippen molar-refractivity contribution in [3.8, 4) is 6.07 Å². The predicted molar refractivity (Wildman–Crippen MR) is 66.0 cm³/mol. The van der Waals surface area contributed by atoms with Gasteiger partial charge < -0.3 is 5.32 Å². The molecule has 0 heterocycles. The van der Waals surface area contributed by atoms with Gasteiger partial charge in [0.1, 0.15) is 11.9 Å². The summed E-state index contributed by atoms with van der Waals surface area (Å²) in [6.45, 7) is 3.63. The highest BCUT2D eigenvalue weighted by Gasteiger charge is 2.15. The van der Waals surface area contributed by atoms with Crippen molar-refractivity contribution < 1.29 is 9.18 Å². The molecule has 1 aromatic rings. The Morgan fingerprint density at radius 1 is 1.50 bits per heavy atom. The number of nitriles is 1. The number of rotatable bonds is 5. The first kappa shape index (κ1) is 14.1. The van der Waals surface area contributed by atoms with E-state index in [9.17, 15) is 9.18 Å². The Morgan fingerprint density at radius 2 is 2.17 bits per heavy atom. The zero-order chi connectivity index (χ0) is 13.5. The number of amides is 1. The number of hydrogen-bond acceptors (Lipinski definition) is 3. The molecular formula is C13H16FN3O. The van der Waals surface area contributed by atoms with E-state index in [1.54, 1.807) is 18.2 Å². The van der Waals surface area contributed by atoms with Crippen LogP contribution >= 0.6 is 0 Å². The van der Waals surface area contributed by atoms with Crippen molar-refractivity contribution in [2.75, 3.05) is 6.54 Å². The standard InChI is InChI=1S/C13H16FN3O/c1-9(17-10(2)18)8-16-13(7-15)11-5-3-4-6-12(11)14/h3-6,9,13,16H,8H2,1-2H3,(H,17,18). The van der Waals surface area contributed by atoms with Gasteiger partial charge in [-0.2, -0.15) is 5.26 Å². The SMILES string of the molecule is CC(=O)NC(C)CNC(C#N)c1ccccc1F. The van der Waals surface area contributed by atoms with E-state index in [0.29, 0.717) is 12.1 Å². The number of hydrogen-bond donors (Lipinski definition) is 2. The van der Waals surface area contributed by atoms with Gasteiger partial charge in [0.05, 0.1) is 6.07 Å². The quantitative estimate of drug-likeness (QED) is 0.831. The number of carbonyl (C=O) groups excluding carboxylic acids is 1. The van der Waals surface area contributed by atoms with Gasteiger partial charge in [-0.3, -0.25) is 10.1 Å². The Bertz CT molecular complexity index is 456. The van der Waals surface area contributed by atoms with E-state index < -0.39 is 11.9 Å². The minimum Gasteiger partial charge on any atom is -0.353 e. The summed E-state index contributed by atoms with van der Waals surface area (Å²) >= 11 is 0. The second-order valence-electron chi connectivity index (χ2n) is 4.09. The Labute approximate surface area is 106 Å². The maximum atomic E-state index is 13.5. The number of halogens is 1. The zero-order valence-electron chi connectivity index (χ0n) is 10.4. The van der Waals surface area contributed by atoms with Crippen LogP contribution in [0, 0.1) is 17.1 Å². The highest BCUT2D eigenvalue weighted by Crippen LogP contribution is 2.15. The van der Waals surface area contributed by atoms with Crippen molar-refractivity contribution in [3.63, 3.8) is 0 Å². The van der Waals surface area contributed by atoms with Gasteiger partial charge >= 0.3 is 0 Å². The van der Waals surface area contributed by atoms with Crippen LogP contribution in [-0.2, 0) is 4.79 Å². The van der Waals surface area contributed by atoms with Crippen LogP contribution in [0.2, 0.25) is 0 Å². The lowest BCUT2D eigenvalue weighted by Crippen LogP contribution is -2.39. The summed E-state index contributed by atoms with van der Waals surface area (Å²) < 4.78 is 13.5. The molecule has 0 saturated heterocycles. The normalized spacial score (nSPS) is 13.4. The lowest BCUT2D eigenvalue weighted by atomic mass is 10.1. The maximum absolute atomic E-state index is 13.5. The topological polar surface area (TPSA) is 64.9 Å². The van der Waals surface area contributed by atoms with Crippen LogP contribution < -0.4 is 10.6 Å². The van der Waals surface area contributed by atoms with E-state index in [-0.39, 0.29) is 11.9 Å². The molecule has 0 aliphatic heterocycles. The summed E-state index contributed by atoms with van der Waals surface area (Å²) in [5.41, 5.74) is 0.315. The third-order valence-electron chi connectivity index (χ3n) is 2.42. The minimum absolute atomic E-state index is 0.120. The van der Waals surface area contributed by atoms with Crippen LogP contribution in [0.1, 0.15) is 25.5 Å². The van der Waals surface area contributed by atoms with E-state index in [1.165, 1.54) is 13.0 Å². The van der Waals surface area contributed by atoms with E-state index in [0.717, 1.165) is 0 Å². The first-order valence-electron chi connectivity index (χ1n) is 5.69. The van der Waals surface area contributed by atoms with Crippen molar-refractivity contribution in [2.24, 2.45) is 0 Å². The molecule has 2 N–H and O–H groups in total. The van der Waals surface area contributed by atoms with Crippen LogP contribution in [0.5, 0.6) is 0 Å². The summed E-state index contributed by atoms with van der Waals surface area (Å²) in [6, 6.07) is 7.31. The Balaban J connectivity index is 2.62. The molecule has 0 spiro atoms. The molecule has 1 aromatic carbocycles. The molecule has 18 heavy (non-hydrogen) atoms. The molecule has 4 nitrogen and oxygen atoms in total. The second-order valence-corrected chi connectivity index (χ2v) is 4.09. The molecular weight excluding hydrogens is 233 g/mol. The molecule has 1 amide bonds. The lowest BCUT2D eigenvalue weighted by Gasteiger charge is -2.17. The first-order chi connectivity index (χ1) is 8.54. The van der Waals surface area contributed by atoms with Gasteiger partial charge in [0.15, 0.2) is 0 Å². The van der Waals surface area contributed by atoms with E-state index >= 15 is 0 Å². The van der Waals surface area contributed by atoms with Gasteiger partial charge in [-0.05, 0) is 13.0 Å². The summed E-state index contributed by atoms with van der Waals surface area (Å²) in [5.74, 6) is -0.549. The van der Waals surface area contributed by atoms with E-state index in [1.807, 2.05) is 13.0 Å². The van der Waals surface area contributed by atoms with Gasteiger partial charge in [0.2, 0.25) is 5.91 Å². The number of nitrogens with one attached hydrogen (secondary N) is 2. The molecule has 0 bridgehead atoms. The van der Waals surface area contributed by atoms with Crippen molar-refractivity contribution >= 4 is 5.91 Å². The predicted octanol–water partition coefficient (Wildman–Crippen LogP) is 1.50. The largest absolute Gasteiger partial charge is 0.353 e. The number of nitrogens with zero attached hydrogens (tertiary/aromatic N) is 1. The molecule has 0 aliphatic rings. The highest BCUT2D eigenvalue weighted by molar-refractivity contribution is 5.73. The zero-order valence-corrected chi connectivity index (χ0v) is 10.4. The Hall–Kier alpha value is -1.93. The molecule has 0 saturated carbocycles. The van der Waals surface area contributed by atoms with Gasteiger partial charge in [-0.1, -0.05) is 18.2 Å². The Morgan fingerprint density at radius 3 is 2.72 bits per heavy atom. The molecule has 1 rings (SSSR count). The van der Waals surface area contributed by atoms with Gasteiger partial charge in [0, 0.05) is 25.1 Å². The molecule has 2 unspecified atom stereocenters. The summed E-state index contributed by atoms with van der Waals surface area (Å²) in [5, 5.41) is 14.6. The third-order valence-corrected chi connectivity index (χ3v) is 2.42. The average Bonchev–Trinajstić information content (AvgIpc) is 2.31. The molecule has 0 aromatic heterocycles. The van der Waals surface area contributed by atoms with Crippen molar-refractivity contribution in [2.45, 2.75) is 25.9 Å². The Kier molecular flexibility index (Phi) is 5.28. The average molecular weight is 249 g/mol. The summed E-state index contributed by atoms with van der Waals surface area (Å²) in [4.78, 5) is 10.8. The number of carbonyl (C=O) groups is 1. The summed E-state index contributed by atoms with van der Waals surface area (Å²) in [6.07, 6.45) is 0. The van der Waals surface area contributed by atoms with Crippen LogP contribution in [0.15, 0.2) is 24.3 Å². The summed E-state index contributed by atoms with van der Waals surface area (Å²) in [7, 11) is 0. The first-order valence-corrected chi connectivity index (χ1v) is 5.69. The van der Waals surface area contributed by atoms with Crippen LogP contribution in [0.3, 0.4) is 0 Å². The molecule has 5 heteroatoms. The molecule has 0 aliphatic carbocycles. The van der Waals surface area contributed by atoms with E-state index in [2.05, 4.69) is 10.6 Å². The molecule has 0 radical (unpaired) electrons. The number of benzene rings is 1. The smallest absolute Gasteiger partial charge is 0.217 e. The third kappa shape index (κ3) is 4.15. The second kappa shape index (κ2) is 6.72. The monoisotopic (exact) mass is 249 g/mol. The van der Waals surface area contributed by atoms with Crippen molar-refractivity contribution in [1.82, 2.24) is 10.6 Å². The minimum atomic E-state index is -0.720. The van der Waals surface area contributed by atoms with Crippen LogP contribution in [0.25, 0.3) is 0 Å². The van der Waals surface area contributed by atoms with Gasteiger partial charge in [0.25, 0.3) is 0 Å². The van der Waals surface area contributed by atoms with Gasteiger partial charge in [-0.25, -0.2) is 4.39 Å². The van der Waals surface area contributed by atoms with Crippen molar-refractivity contribution in [3.05, 3.63) is 35.6 Å². The lowest BCUT2D eigenvalue weighted by molar-refractivity contribution is -0.119. The van der Waals surface area contributed by atoms with Crippen LogP contribution in [0.4, 0.5) is 4.39 Å². The molecule has 96 valence electrons. The van der Waals surface area contributed by atoms with Gasteiger partial charge in [-0.15, -0.1) is 0 Å². The fraction of sp³-hybridized carbons (Fsp3) is 0.385. The fourth-order valence-electron chi connectivity index (χ4n) is 1.63. The fourth-order valence-corrected chi connectivity index (χ4v) is 1.63. The maximum Gasteiger partial charge on any atom is 0.217 e. The van der Waals surface area contributed by atoms with E-state index in [4.69, 9.17) is 5.26 Å². The highest BCUT2D eigenvalue weighted by atomic mass is 19.1. The van der Waals surface area contributed by atoms with Crippen LogP contribution in [-0.4, -0.2) is 18.5 Å². The molecule has 2 atom stereocenters. The molecule has 0 fully saturated rings. The van der Waals surface area contributed by atoms with Crippen molar-refractivity contribution in [1.29, 1.82) is 5.26 Å².